The van der Waals surface area contributed by atoms with E-state index in [1.165, 1.54) is 18.2 Å². The van der Waals surface area contributed by atoms with Crippen molar-refractivity contribution in [1.82, 2.24) is 4.90 Å². The first-order chi connectivity index (χ1) is 10.1. The molecule has 1 saturated heterocycles. The zero-order valence-corrected chi connectivity index (χ0v) is 11.8. The number of nitro benzene ring substituents is 1. The van der Waals surface area contributed by atoms with Gasteiger partial charge in [0.1, 0.15) is 5.82 Å². The van der Waals surface area contributed by atoms with E-state index in [4.69, 9.17) is 4.74 Å². The summed E-state index contributed by atoms with van der Waals surface area (Å²) in [5, 5.41) is 11.1. The van der Waals surface area contributed by atoms with Gasteiger partial charge >= 0.3 is 0 Å². The van der Waals surface area contributed by atoms with Crippen LogP contribution in [0.2, 0.25) is 0 Å². The van der Waals surface area contributed by atoms with Gasteiger partial charge in [-0.25, -0.2) is 4.39 Å². The van der Waals surface area contributed by atoms with Crippen LogP contribution in [0.25, 0.3) is 0 Å². The standard InChI is InChI=1S/C15H19FN2O3/c16-14-2-1-3-15(18(19)20)13(14)9-17(12-4-5-12)8-11-6-7-21-10-11/h1-3,11-12H,4-10H2. The minimum atomic E-state index is -0.498. The summed E-state index contributed by atoms with van der Waals surface area (Å²) in [7, 11) is 0. The van der Waals surface area contributed by atoms with Crippen molar-refractivity contribution in [2.24, 2.45) is 5.92 Å². The molecular weight excluding hydrogens is 275 g/mol. The van der Waals surface area contributed by atoms with Crippen LogP contribution in [0, 0.1) is 21.8 Å². The van der Waals surface area contributed by atoms with E-state index in [-0.39, 0.29) is 11.3 Å². The van der Waals surface area contributed by atoms with Crippen molar-refractivity contribution in [2.45, 2.75) is 31.8 Å². The van der Waals surface area contributed by atoms with Crippen molar-refractivity contribution in [2.75, 3.05) is 19.8 Å². The number of hydrogen-bond acceptors (Lipinski definition) is 4. The van der Waals surface area contributed by atoms with Crippen molar-refractivity contribution in [1.29, 1.82) is 0 Å². The van der Waals surface area contributed by atoms with Gasteiger partial charge in [-0.2, -0.15) is 0 Å². The van der Waals surface area contributed by atoms with Gasteiger partial charge in [-0.05, 0) is 31.2 Å². The number of halogens is 1. The Morgan fingerprint density at radius 1 is 1.38 bits per heavy atom. The van der Waals surface area contributed by atoms with E-state index < -0.39 is 10.7 Å². The van der Waals surface area contributed by atoms with Gasteiger partial charge in [0.2, 0.25) is 0 Å². The zero-order chi connectivity index (χ0) is 14.8. The lowest BCUT2D eigenvalue weighted by molar-refractivity contribution is -0.386. The van der Waals surface area contributed by atoms with Gasteiger partial charge in [0.05, 0.1) is 17.1 Å². The number of ether oxygens (including phenoxy) is 1. The summed E-state index contributed by atoms with van der Waals surface area (Å²) in [6.07, 6.45) is 3.20. The van der Waals surface area contributed by atoms with Crippen LogP contribution in [-0.2, 0) is 11.3 Å². The maximum absolute atomic E-state index is 14.0. The molecule has 1 heterocycles. The lowest BCUT2D eigenvalue weighted by Crippen LogP contribution is -2.32. The van der Waals surface area contributed by atoms with E-state index in [0.29, 0.717) is 18.5 Å². The maximum Gasteiger partial charge on any atom is 0.276 e. The van der Waals surface area contributed by atoms with Gasteiger partial charge in [-0.1, -0.05) is 6.07 Å². The molecule has 0 amide bonds. The first-order valence-electron chi connectivity index (χ1n) is 7.38. The highest BCUT2D eigenvalue weighted by Gasteiger charge is 2.33. The third-order valence-corrected chi connectivity index (χ3v) is 4.23. The number of hydrogen-bond donors (Lipinski definition) is 0. The third-order valence-electron chi connectivity index (χ3n) is 4.23. The molecule has 1 aromatic carbocycles. The third kappa shape index (κ3) is 3.39. The van der Waals surface area contributed by atoms with Crippen molar-refractivity contribution in [3.05, 3.63) is 39.7 Å². The van der Waals surface area contributed by atoms with E-state index in [2.05, 4.69) is 4.90 Å². The molecular formula is C15H19FN2O3. The normalized spacial score (nSPS) is 21.9. The quantitative estimate of drug-likeness (QED) is 0.598. The molecule has 2 fully saturated rings. The molecule has 1 saturated carbocycles. The van der Waals surface area contributed by atoms with E-state index >= 15 is 0 Å². The minimum absolute atomic E-state index is 0.122. The van der Waals surface area contributed by atoms with Crippen molar-refractivity contribution in [3.8, 4) is 0 Å². The fourth-order valence-electron chi connectivity index (χ4n) is 2.92. The molecule has 6 heteroatoms. The molecule has 5 nitrogen and oxygen atoms in total. The van der Waals surface area contributed by atoms with Crippen LogP contribution in [-0.4, -0.2) is 35.6 Å². The van der Waals surface area contributed by atoms with Crippen LogP contribution in [0.3, 0.4) is 0 Å². The van der Waals surface area contributed by atoms with Crippen molar-refractivity contribution >= 4 is 5.69 Å². The summed E-state index contributed by atoms with van der Waals surface area (Å²) in [6.45, 7) is 2.66. The predicted octanol–water partition coefficient (Wildman–Crippen LogP) is 2.73. The van der Waals surface area contributed by atoms with Crippen LogP contribution in [0.4, 0.5) is 10.1 Å². The molecule has 0 N–H and O–H groups in total. The fraction of sp³-hybridized carbons (Fsp3) is 0.600. The number of nitrogens with zero attached hydrogens (tertiary/aromatic N) is 2. The van der Waals surface area contributed by atoms with Crippen LogP contribution in [0.1, 0.15) is 24.8 Å². The van der Waals surface area contributed by atoms with Gasteiger partial charge in [-0.3, -0.25) is 15.0 Å². The summed E-state index contributed by atoms with van der Waals surface area (Å²) in [6, 6.07) is 4.50. The second-order valence-corrected chi connectivity index (χ2v) is 5.88. The Bertz CT molecular complexity index is 528. The largest absolute Gasteiger partial charge is 0.381 e. The number of benzene rings is 1. The highest BCUT2D eigenvalue weighted by atomic mass is 19.1. The molecule has 1 aliphatic carbocycles. The molecule has 0 spiro atoms. The molecule has 0 radical (unpaired) electrons. The SMILES string of the molecule is O=[N+]([O-])c1cccc(F)c1CN(CC1CCOC1)C1CC1. The number of rotatable bonds is 6. The molecule has 0 bridgehead atoms. The molecule has 3 rings (SSSR count). The van der Waals surface area contributed by atoms with Crippen LogP contribution >= 0.6 is 0 Å². The molecule has 114 valence electrons. The Kier molecular flexibility index (Phi) is 4.17. The highest BCUT2D eigenvalue weighted by molar-refractivity contribution is 5.41. The molecule has 21 heavy (non-hydrogen) atoms. The second-order valence-electron chi connectivity index (χ2n) is 5.88. The van der Waals surface area contributed by atoms with E-state index in [9.17, 15) is 14.5 Å². The topological polar surface area (TPSA) is 55.6 Å². The smallest absolute Gasteiger partial charge is 0.276 e. The zero-order valence-electron chi connectivity index (χ0n) is 11.8. The van der Waals surface area contributed by atoms with Gasteiger partial charge in [0.15, 0.2) is 0 Å². The second kappa shape index (κ2) is 6.07. The Morgan fingerprint density at radius 2 is 2.19 bits per heavy atom. The van der Waals surface area contributed by atoms with Crippen LogP contribution in [0.15, 0.2) is 18.2 Å². The average Bonchev–Trinajstić information content (AvgIpc) is 3.18. The molecule has 1 atom stereocenters. The molecule has 1 aliphatic heterocycles. The van der Waals surface area contributed by atoms with Crippen molar-refractivity contribution in [3.63, 3.8) is 0 Å². The van der Waals surface area contributed by atoms with Gasteiger partial charge in [0.25, 0.3) is 5.69 Å². The predicted molar refractivity (Wildman–Crippen MR) is 75.4 cm³/mol. The average molecular weight is 294 g/mol. The van der Waals surface area contributed by atoms with E-state index in [1.54, 1.807) is 0 Å². The molecule has 1 aromatic rings. The van der Waals surface area contributed by atoms with Crippen LogP contribution < -0.4 is 0 Å². The summed E-state index contributed by atoms with van der Waals surface area (Å²) in [4.78, 5) is 12.8. The molecule has 2 aliphatic rings. The summed E-state index contributed by atoms with van der Waals surface area (Å²) in [5.41, 5.74) is 0.0802. The fourth-order valence-corrected chi connectivity index (χ4v) is 2.92. The van der Waals surface area contributed by atoms with Crippen molar-refractivity contribution < 1.29 is 14.1 Å². The minimum Gasteiger partial charge on any atom is -0.381 e. The first kappa shape index (κ1) is 14.4. The lowest BCUT2D eigenvalue weighted by Gasteiger charge is -2.24. The molecule has 1 unspecified atom stereocenters. The Hall–Kier alpha value is -1.53. The van der Waals surface area contributed by atoms with E-state index in [1.807, 2.05) is 0 Å². The maximum atomic E-state index is 14.0. The van der Waals surface area contributed by atoms with Crippen LogP contribution in [0.5, 0.6) is 0 Å². The monoisotopic (exact) mass is 294 g/mol. The Labute approximate surface area is 122 Å². The van der Waals surface area contributed by atoms with Gasteiger partial charge in [-0.15, -0.1) is 0 Å². The number of nitro groups is 1. The first-order valence-corrected chi connectivity index (χ1v) is 7.38. The summed E-state index contributed by atoms with van der Waals surface area (Å²) in [5.74, 6) is -0.0334. The Morgan fingerprint density at radius 3 is 2.81 bits per heavy atom. The highest BCUT2D eigenvalue weighted by Crippen LogP contribution is 2.32. The summed E-state index contributed by atoms with van der Waals surface area (Å²) < 4.78 is 19.4. The van der Waals surface area contributed by atoms with Gasteiger partial charge < -0.3 is 4.74 Å². The Balaban J connectivity index is 1.77. The van der Waals surface area contributed by atoms with Gasteiger partial charge in [0, 0.05) is 31.8 Å². The lowest BCUT2D eigenvalue weighted by atomic mass is 10.1. The summed E-state index contributed by atoms with van der Waals surface area (Å²) >= 11 is 0. The molecule has 0 aromatic heterocycles. The van der Waals surface area contributed by atoms with E-state index in [0.717, 1.165) is 39.0 Å².